The van der Waals surface area contributed by atoms with Crippen LogP contribution in [-0.2, 0) is 24.0 Å². The lowest BCUT2D eigenvalue weighted by molar-refractivity contribution is -0.150. The average Bonchev–Trinajstić information content (AvgIpc) is 3.13. The summed E-state index contributed by atoms with van der Waals surface area (Å²) in [6.07, 6.45) is 0.436. The number of nitrogens with two attached hydrogens (primary N) is 1. The van der Waals surface area contributed by atoms with E-state index in [9.17, 15) is 34.2 Å². The molecule has 3 amide bonds. The van der Waals surface area contributed by atoms with Crippen LogP contribution in [0.2, 0.25) is 0 Å². The summed E-state index contributed by atoms with van der Waals surface area (Å²) in [4.78, 5) is 61.8. The van der Waals surface area contributed by atoms with Crippen molar-refractivity contribution in [3.05, 3.63) is 0 Å². The predicted molar refractivity (Wildman–Crippen MR) is 111 cm³/mol. The minimum atomic E-state index is -1.45. The maximum Gasteiger partial charge on any atom is 0.326 e. The smallest absolute Gasteiger partial charge is 0.326 e. The Bertz CT molecular complexity index is 695. The highest BCUT2D eigenvalue weighted by Gasteiger charge is 2.39. The van der Waals surface area contributed by atoms with Gasteiger partial charge in [-0.2, -0.15) is 0 Å². The molecular weight excluding hydrogens is 408 g/mol. The third-order valence-corrected chi connectivity index (χ3v) is 5.12. The van der Waals surface area contributed by atoms with Gasteiger partial charge in [-0.25, -0.2) is 4.79 Å². The van der Waals surface area contributed by atoms with E-state index in [1.807, 2.05) is 13.8 Å². The van der Waals surface area contributed by atoms with Crippen LogP contribution in [0.15, 0.2) is 0 Å². The van der Waals surface area contributed by atoms with Crippen molar-refractivity contribution in [2.75, 3.05) is 6.54 Å². The molecule has 31 heavy (non-hydrogen) atoms. The van der Waals surface area contributed by atoms with Crippen molar-refractivity contribution >= 4 is 29.7 Å². The molecule has 11 nitrogen and oxygen atoms in total. The highest BCUT2D eigenvalue weighted by molar-refractivity contribution is 5.95. The van der Waals surface area contributed by atoms with E-state index in [1.54, 1.807) is 13.8 Å². The van der Waals surface area contributed by atoms with Gasteiger partial charge >= 0.3 is 11.9 Å². The predicted octanol–water partition coefficient (Wildman–Crippen LogP) is -0.464. The lowest BCUT2D eigenvalue weighted by Crippen LogP contribution is -2.58. The molecule has 4 unspecified atom stereocenters. The summed E-state index contributed by atoms with van der Waals surface area (Å²) in [7, 11) is 0. The fourth-order valence-corrected chi connectivity index (χ4v) is 3.53. The number of carbonyl (C=O) groups excluding carboxylic acids is 3. The molecule has 0 aliphatic carbocycles. The topological polar surface area (TPSA) is 179 Å². The summed E-state index contributed by atoms with van der Waals surface area (Å²) in [5.41, 5.74) is 5.87. The number of carboxylic acids is 2. The zero-order valence-electron chi connectivity index (χ0n) is 18.5. The molecule has 1 aliphatic rings. The van der Waals surface area contributed by atoms with Crippen LogP contribution in [0, 0.1) is 11.8 Å². The van der Waals surface area contributed by atoms with E-state index in [2.05, 4.69) is 10.6 Å². The van der Waals surface area contributed by atoms with Gasteiger partial charge in [0.2, 0.25) is 17.7 Å². The van der Waals surface area contributed by atoms with Crippen LogP contribution in [0.3, 0.4) is 0 Å². The first-order chi connectivity index (χ1) is 14.3. The van der Waals surface area contributed by atoms with Crippen molar-refractivity contribution in [2.24, 2.45) is 17.6 Å². The third-order valence-electron chi connectivity index (χ3n) is 5.12. The molecule has 0 spiro atoms. The molecule has 1 saturated heterocycles. The normalized spacial score (nSPS) is 19.1. The first-order valence-corrected chi connectivity index (χ1v) is 10.5. The van der Waals surface area contributed by atoms with Crippen LogP contribution >= 0.6 is 0 Å². The Labute approximate surface area is 181 Å². The molecule has 1 heterocycles. The van der Waals surface area contributed by atoms with Gasteiger partial charge in [-0.3, -0.25) is 19.2 Å². The van der Waals surface area contributed by atoms with Gasteiger partial charge in [-0.15, -0.1) is 0 Å². The standard InChI is InChI=1S/C20H34N4O7/c1-10(2)8-12(21)17(27)23-16(11(3)4)18(28)22-13(9-15(25)26)19(29)24-7-5-6-14(24)20(30)31/h10-14,16H,5-9,21H2,1-4H3,(H,22,28)(H,23,27)(H,25,26)(H,30,31). The van der Waals surface area contributed by atoms with E-state index in [-0.39, 0.29) is 24.8 Å². The zero-order chi connectivity index (χ0) is 23.9. The molecule has 1 fully saturated rings. The van der Waals surface area contributed by atoms with Gasteiger partial charge in [0.15, 0.2) is 0 Å². The van der Waals surface area contributed by atoms with Crippen molar-refractivity contribution < 1.29 is 34.2 Å². The first kappa shape index (κ1) is 26.3. The Kier molecular flexibility index (Phi) is 9.89. The van der Waals surface area contributed by atoms with Crippen molar-refractivity contribution in [2.45, 2.75) is 77.5 Å². The minimum absolute atomic E-state index is 0.163. The van der Waals surface area contributed by atoms with Crippen LogP contribution < -0.4 is 16.4 Å². The highest BCUT2D eigenvalue weighted by Crippen LogP contribution is 2.19. The first-order valence-electron chi connectivity index (χ1n) is 10.5. The summed E-state index contributed by atoms with van der Waals surface area (Å²) in [5, 5.41) is 23.4. The van der Waals surface area contributed by atoms with Crippen LogP contribution in [0.4, 0.5) is 0 Å². The highest BCUT2D eigenvalue weighted by atomic mass is 16.4. The summed E-state index contributed by atoms with van der Waals surface area (Å²) < 4.78 is 0. The molecule has 0 aromatic rings. The lowest BCUT2D eigenvalue weighted by Gasteiger charge is -2.29. The number of nitrogens with zero attached hydrogens (tertiary/aromatic N) is 1. The number of rotatable bonds is 11. The van der Waals surface area contributed by atoms with E-state index < -0.39 is 60.2 Å². The molecule has 11 heteroatoms. The third kappa shape index (κ3) is 7.82. The Balaban J connectivity index is 2.96. The van der Waals surface area contributed by atoms with Crippen molar-refractivity contribution in [1.29, 1.82) is 0 Å². The minimum Gasteiger partial charge on any atom is -0.481 e. The number of hydrogen-bond acceptors (Lipinski definition) is 6. The van der Waals surface area contributed by atoms with E-state index >= 15 is 0 Å². The molecule has 1 rings (SSSR count). The van der Waals surface area contributed by atoms with Crippen LogP contribution in [0.1, 0.15) is 53.4 Å². The second-order valence-corrected chi connectivity index (χ2v) is 8.65. The maximum atomic E-state index is 12.9. The van der Waals surface area contributed by atoms with Crippen LogP contribution in [0.5, 0.6) is 0 Å². The fraction of sp³-hybridized carbons (Fsp3) is 0.750. The SMILES string of the molecule is CC(C)CC(N)C(=O)NC(C(=O)NC(CC(=O)O)C(=O)N1CCCC1C(=O)O)C(C)C. The molecule has 1 aliphatic heterocycles. The number of aliphatic carboxylic acids is 2. The van der Waals surface area contributed by atoms with E-state index in [0.29, 0.717) is 12.8 Å². The molecule has 0 radical (unpaired) electrons. The summed E-state index contributed by atoms with van der Waals surface area (Å²) in [6.45, 7) is 7.35. The monoisotopic (exact) mass is 442 g/mol. The molecule has 0 bridgehead atoms. The van der Waals surface area contributed by atoms with Crippen molar-refractivity contribution in [3.8, 4) is 0 Å². The lowest BCUT2D eigenvalue weighted by atomic mass is 10.00. The number of amides is 3. The quantitative estimate of drug-likeness (QED) is 0.285. The molecule has 176 valence electrons. The van der Waals surface area contributed by atoms with Gasteiger partial charge in [0.05, 0.1) is 12.5 Å². The van der Waals surface area contributed by atoms with Gasteiger partial charge in [-0.05, 0) is 31.1 Å². The molecule has 0 aromatic carbocycles. The number of nitrogens with one attached hydrogen (secondary N) is 2. The van der Waals surface area contributed by atoms with Crippen molar-refractivity contribution in [1.82, 2.24) is 15.5 Å². The zero-order valence-corrected chi connectivity index (χ0v) is 18.5. The number of carboxylic acid groups (broad SMARTS) is 2. The Hall–Kier alpha value is -2.69. The van der Waals surface area contributed by atoms with E-state index in [4.69, 9.17) is 5.73 Å². The van der Waals surface area contributed by atoms with E-state index in [0.717, 1.165) is 4.90 Å². The number of carbonyl (C=O) groups is 5. The average molecular weight is 443 g/mol. The largest absolute Gasteiger partial charge is 0.481 e. The number of hydrogen-bond donors (Lipinski definition) is 5. The van der Waals surface area contributed by atoms with Crippen molar-refractivity contribution in [3.63, 3.8) is 0 Å². The molecule has 6 N–H and O–H groups in total. The summed E-state index contributed by atoms with van der Waals surface area (Å²) in [6, 6.07) is -4.36. The maximum absolute atomic E-state index is 12.9. The van der Waals surface area contributed by atoms with Gasteiger partial charge in [0, 0.05) is 6.54 Å². The van der Waals surface area contributed by atoms with Gasteiger partial charge < -0.3 is 31.5 Å². The summed E-state index contributed by atoms with van der Waals surface area (Å²) in [5.74, 6) is -4.72. The molecular formula is C20H34N4O7. The second kappa shape index (κ2) is 11.6. The molecule has 0 aromatic heterocycles. The second-order valence-electron chi connectivity index (χ2n) is 8.65. The van der Waals surface area contributed by atoms with Gasteiger partial charge in [0.1, 0.15) is 18.1 Å². The van der Waals surface area contributed by atoms with E-state index in [1.165, 1.54) is 0 Å². The molecule has 0 saturated carbocycles. The van der Waals surface area contributed by atoms with Gasteiger partial charge in [0.25, 0.3) is 0 Å². The van der Waals surface area contributed by atoms with Crippen LogP contribution in [-0.4, -0.2) is 75.5 Å². The Morgan fingerprint density at radius 2 is 1.65 bits per heavy atom. The van der Waals surface area contributed by atoms with Crippen LogP contribution in [0.25, 0.3) is 0 Å². The van der Waals surface area contributed by atoms with Gasteiger partial charge in [-0.1, -0.05) is 27.7 Å². The number of likely N-dealkylation sites (tertiary alicyclic amines) is 1. The summed E-state index contributed by atoms with van der Waals surface area (Å²) >= 11 is 0. The fourth-order valence-electron chi connectivity index (χ4n) is 3.53. The molecule has 4 atom stereocenters. The Morgan fingerprint density at radius 3 is 2.13 bits per heavy atom. The Morgan fingerprint density at radius 1 is 1.03 bits per heavy atom.